The molecular formula is C15H18N6S. The van der Waals surface area contributed by atoms with Crippen molar-refractivity contribution in [3.05, 3.63) is 48.0 Å². The highest BCUT2D eigenvalue weighted by Gasteiger charge is 2.15. The molecule has 1 aromatic carbocycles. The van der Waals surface area contributed by atoms with Gasteiger partial charge in [-0.15, -0.1) is 10.2 Å². The van der Waals surface area contributed by atoms with Gasteiger partial charge in [0.1, 0.15) is 5.82 Å². The molecule has 2 aromatic heterocycles. The molecule has 0 amide bonds. The van der Waals surface area contributed by atoms with Crippen molar-refractivity contribution in [3.63, 3.8) is 0 Å². The molecule has 0 aliphatic rings. The zero-order valence-corrected chi connectivity index (χ0v) is 13.4. The van der Waals surface area contributed by atoms with Gasteiger partial charge in [-0.3, -0.25) is 5.10 Å². The number of hydrogen-bond donors (Lipinski definition) is 1. The molecule has 114 valence electrons. The van der Waals surface area contributed by atoms with Crippen molar-refractivity contribution in [2.75, 3.05) is 0 Å². The highest BCUT2D eigenvalue weighted by atomic mass is 32.2. The van der Waals surface area contributed by atoms with Crippen LogP contribution >= 0.6 is 11.8 Å². The van der Waals surface area contributed by atoms with Crippen LogP contribution in [0.15, 0.2) is 41.7 Å². The number of nitrogens with zero attached hydrogens (tertiary/aromatic N) is 5. The van der Waals surface area contributed by atoms with Gasteiger partial charge >= 0.3 is 0 Å². The molecule has 1 N–H and O–H groups in total. The van der Waals surface area contributed by atoms with E-state index in [1.54, 1.807) is 16.4 Å². The van der Waals surface area contributed by atoms with Crippen molar-refractivity contribution < 1.29 is 0 Å². The molecule has 0 saturated heterocycles. The average Bonchev–Trinajstić information content (AvgIpc) is 3.18. The number of aromatic nitrogens is 6. The lowest BCUT2D eigenvalue weighted by molar-refractivity contribution is 0.797. The van der Waals surface area contributed by atoms with Gasteiger partial charge in [-0.05, 0) is 25.5 Å². The third kappa shape index (κ3) is 3.36. The maximum atomic E-state index is 4.47. The summed E-state index contributed by atoms with van der Waals surface area (Å²) in [6.07, 6.45) is 3.93. The molecule has 6 nitrogen and oxygen atoms in total. The van der Waals surface area contributed by atoms with E-state index >= 15 is 0 Å². The predicted molar refractivity (Wildman–Crippen MR) is 86.0 cm³/mol. The molecule has 3 rings (SSSR count). The molecular weight excluding hydrogens is 296 g/mol. The highest BCUT2D eigenvalue weighted by molar-refractivity contribution is 7.99. The van der Waals surface area contributed by atoms with Crippen molar-refractivity contribution in [3.8, 4) is 5.69 Å². The zero-order chi connectivity index (χ0) is 15.4. The fraction of sp³-hybridized carbons (Fsp3) is 0.333. The third-order valence-corrected chi connectivity index (χ3v) is 4.22. The van der Waals surface area contributed by atoms with Gasteiger partial charge in [-0.2, -0.15) is 0 Å². The number of H-pyrrole nitrogens is 1. The van der Waals surface area contributed by atoms with Crippen molar-refractivity contribution in [2.24, 2.45) is 0 Å². The molecule has 0 spiro atoms. The van der Waals surface area contributed by atoms with Gasteiger partial charge in [-0.25, -0.2) is 9.67 Å². The first kappa shape index (κ1) is 14.8. The Balaban J connectivity index is 1.70. The first-order chi connectivity index (χ1) is 10.8. The molecule has 22 heavy (non-hydrogen) atoms. The van der Waals surface area contributed by atoms with Gasteiger partial charge in [0.25, 0.3) is 0 Å². The van der Waals surface area contributed by atoms with E-state index in [-0.39, 0.29) is 5.25 Å². The van der Waals surface area contributed by atoms with E-state index in [2.05, 4.69) is 39.3 Å². The van der Waals surface area contributed by atoms with Gasteiger partial charge in [0.15, 0.2) is 0 Å². The number of para-hydroxylation sites is 1. The van der Waals surface area contributed by atoms with E-state index in [4.69, 9.17) is 0 Å². The number of aryl methyl sites for hydroxylation is 1. The largest absolute Gasteiger partial charge is 0.262 e. The Morgan fingerprint density at radius 1 is 1.27 bits per heavy atom. The fourth-order valence-electron chi connectivity index (χ4n) is 2.07. The van der Waals surface area contributed by atoms with Crippen LogP contribution in [0.1, 0.15) is 37.0 Å². The third-order valence-electron chi connectivity index (χ3n) is 3.23. The minimum Gasteiger partial charge on any atom is -0.262 e. The summed E-state index contributed by atoms with van der Waals surface area (Å²) in [7, 11) is 0. The molecule has 3 aromatic rings. The van der Waals surface area contributed by atoms with Crippen LogP contribution in [0, 0.1) is 0 Å². The van der Waals surface area contributed by atoms with Crippen LogP contribution < -0.4 is 0 Å². The zero-order valence-electron chi connectivity index (χ0n) is 12.6. The summed E-state index contributed by atoms with van der Waals surface area (Å²) >= 11 is 1.58. The Morgan fingerprint density at radius 3 is 2.86 bits per heavy atom. The van der Waals surface area contributed by atoms with Gasteiger partial charge < -0.3 is 0 Å². The Bertz CT molecular complexity index is 720. The number of aromatic amines is 1. The quantitative estimate of drug-likeness (QED) is 0.707. The lowest BCUT2D eigenvalue weighted by Gasteiger charge is -2.03. The Morgan fingerprint density at radius 2 is 2.09 bits per heavy atom. The average molecular weight is 314 g/mol. The summed E-state index contributed by atoms with van der Waals surface area (Å²) in [5, 5.41) is 16.6. The van der Waals surface area contributed by atoms with Gasteiger partial charge in [0.05, 0.1) is 22.8 Å². The number of hydrogen-bond acceptors (Lipinski definition) is 5. The van der Waals surface area contributed by atoms with Gasteiger partial charge in [0.2, 0.25) is 5.16 Å². The molecule has 0 saturated carbocycles. The topological polar surface area (TPSA) is 72.3 Å². The van der Waals surface area contributed by atoms with Crippen molar-refractivity contribution in [1.29, 1.82) is 0 Å². The Kier molecular flexibility index (Phi) is 4.53. The summed E-state index contributed by atoms with van der Waals surface area (Å²) in [6.45, 7) is 4.21. The molecule has 1 atom stereocenters. The van der Waals surface area contributed by atoms with Crippen LogP contribution in [0.5, 0.6) is 0 Å². The second-order valence-electron chi connectivity index (χ2n) is 5.00. The van der Waals surface area contributed by atoms with E-state index < -0.39 is 0 Å². The Hall–Kier alpha value is -2.15. The van der Waals surface area contributed by atoms with Crippen LogP contribution in [0.2, 0.25) is 0 Å². The molecule has 0 fully saturated rings. The molecule has 0 aliphatic heterocycles. The summed E-state index contributed by atoms with van der Waals surface area (Å²) in [4.78, 5) is 4.47. The number of thioether (sulfide) groups is 1. The van der Waals surface area contributed by atoms with Crippen LogP contribution in [-0.4, -0.2) is 30.2 Å². The van der Waals surface area contributed by atoms with E-state index in [9.17, 15) is 0 Å². The minimum absolute atomic E-state index is 0.141. The molecule has 0 aliphatic carbocycles. The molecule has 0 bridgehead atoms. The lowest BCUT2D eigenvalue weighted by atomic mass is 10.3. The smallest absolute Gasteiger partial charge is 0.209 e. The normalized spacial score (nSPS) is 12.5. The predicted octanol–water partition coefficient (Wildman–Crippen LogP) is 3.19. The molecule has 0 radical (unpaired) electrons. The Labute approximate surface area is 133 Å². The van der Waals surface area contributed by atoms with Gasteiger partial charge in [-0.1, -0.05) is 42.1 Å². The van der Waals surface area contributed by atoms with Gasteiger partial charge in [0, 0.05) is 6.42 Å². The SMILES string of the molecule is CCCc1nc(S[C@@H](C)c2cn(-c3ccccc3)nn2)n[nH]1. The fourth-order valence-corrected chi connectivity index (χ4v) is 2.87. The summed E-state index contributed by atoms with van der Waals surface area (Å²) in [5.74, 6) is 0.935. The second kappa shape index (κ2) is 6.74. The summed E-state index contributed by atoms with van der Waals surface area (Å²) < 4.78 is 1.78. The van der Waals surface area contributed by atoms with Crippen molar-refractivity contribution in [2.45, 2.75) is 37.1 Å². The van der Waals surface area contributed by atoms with Crippen LogP contribution in [0.4, 0.5) is 0 Å². The monoisotopic (exact) mass is 314 g/mol. The number of nitrogens with one attached hydrogen (secondary N) is 1. The van der Waals surface area contributed by atoms with Crippen LogP contribution in [0.3, 0.4) is 0 Å². The lowest BCUT2D eigenvalue weighted by Crippen LogP contribution is -1.93. The molecule has 0 unspecified atom stereocenters. The molecule has 7 heteroatoms. The van der Waals surface area contributed by atoms with Crippen molar-refractivity contribution >= 4 is 11.8 Å². The van der Waals surface area contributed by atoms with E-state index in [1.165, 1.54) is 0 Å². The number of rotatable bonds is 6. The highest BCUT2D eigenvalue weighted by Crippen LogP contribution is 2.31. The first-order valence-corrected chi connectivity index (χ1v) is 8.20. The summed E-state index contributed by atoms with van der Waals surface area (Å²) in [5.41, 5.74) is 1.91. The van der Waals surface area contributed by atoms with Crippen LogP contribution in [-0.2, 0) is 6.42 Å². The second-order valence-corrected chi connectivity index (χ2v) is 6.31. The first-order valence-electron chi connectivity index (χ1n) is 7.32. The summed E-state index contributed by atoms with van der Waals surface area (Å²) in [6, 6.07) is 9.96. The van der Waals surface area contributed by atoms with E-state index in [1.807, 2.05) is 36.5 Å². The maximum Gasteiger partial charge on any atom is 0.209 e. The van der Waals surface area contributed by atoms with E-state index in [0.717, 1.165) is 35.2 Å². The maximum absolute atomic E-state index is 4.47. The van der Waals surface area contributed by atoms with Crippen molar-refractivity contribution in [1.82, 2.24) is 30.2 Å². The minimum atomic E-state index is 0.141. The standard InChI is InChI=1S/C15H18N6S/c1-3-7-14-16-15(19-18-14)22-11(2)13-10-21(20-17-13)12-8-5-4-6-9-12/h4-6,8-11H,3,7H2,1-2H3,(H,16,18,19)/t11-/m0/s1. The molecule has 2 heterocycles. The van der Waals surface area contributed by atoms with E-state index in [0.29, 0.717) is 0 Å². The number of benzene rings is 1. The van der Waals surface area contributed by atoms with Crippen LogP contribution in [0.25, 0.3) is 5.69 Å².